The minimum atomic E-state index is -2.47. The molecule has 4 aliphatic heterocycles. The highest BCUT2D eigenvalue weighted by Crippen LogP contribution is 2.38. The van der Waals surface area contributed by atoms with Crippen LogP contribution in [0.4, 0.5) is 0 Å². The molecule has 3 saturated heterocycles. The van der Waals surface area contributed by atoms with Crippen molar-refractivity contribution in [3.8, 4) is 0 Å². The third-order valence-corrected chi connectivity index (χ3v) is 17.1. The van der Waals surface area contributed by atoms with Crippen molar-refractivity contribution in [3.63, 3.8) is 0 Å². The number of aliphatic hydroxyl groups is 3. The number of esters is 1. The quantitative estimate of drug-likeness (QED) is 0.0647. The number of cyclic esters (lactones) is 1. The first kappa shape index (κ1) is 65.3. The lowest BCUT2D eigenvalue weighted by atomic mass is 9.78. The van der Waals surface area contributed by atoms with Crippen molar-refractivity contribution in [2.45, 2.75) is 199 Å². The first-order valence-electron chi connectivity index (χ1n) is 29.4. The molecule has 1 aliphatic carbocycles. The zero-order valence-corrected chi connectivity index (χ0v) is 48.7. The van der Waals surface area contributed by atoms with Crippen LogP contribution < -0.4 is 0 Å². The van der Waals surface area contributed by atoms with Gasteiger partial charge in [0.2, 0.25) is 5.79 Å². The minimum Gasteiger partial charge on any atom is -0.460 e. The number of aliphatic hydroxyl groups excluding tert-OH is 2. The first-order valence-corrected chi connectivity index (χ1v) is 29.4. The number of carbonyl (C=O) groups is 5. The molecule has 0 aromatic heterocycles. The largest absolute Gasteiger partial charge is 0.460 e. The molecular weight excluding hydrogens is 1000 g/mol. The molecule has 4 fully saturated rings. The fraction of sp³-hybridized carbons (Fsp3) is 0.787. The Kier molecular flexibility index (Phi) is 27.5. The number of unbranched alkanes of at least 4 members (excludes halogenated alkanes) is 1. The van der Waals surface area contributed by atoms with Gasteiger partial charge in [0, 0.05) is 90.8 Å². The lowest BCUT2D eigenvalue weighted by Crippen LogP contribution is -2.61. The van der Waals surface area contributed by atoms with Crippen molar-refractivity contribution in [3.05, 3.63) is 47.6 Å². The number of amides is 1. The van der Waals surface area contributed by atoms with Crippen LogP contribution in [0.15, 0.2) is 47.6 Å². The summed E-state index contributed by atoms with van der Waals surface area (Å²) in [6, 6.07) is -1.15. The molecule has 15 atom stereocenters. The maximum atomic E-state index is 14.7. The van der Waals surface area contributed by atoms with Crippen LogP contribution >= 0.6 is 0 Å². The van der Waals surface area contributed by atoms with Gasteiger partial charge in [-0.2, -0.15) is 0 Å². The van der Waals surface area contributed by atoms with Gasteiger partial charge in [0.15, 0.2) is 5.78 Å². The summed E-state index contributed by atoms with van der Waals surface area (Å²) in [7, 11) is 3.09. The molecule has 0 aromatic rings. The van der Waals surface area contributed by atoms with E-state index in [0.29, 0.717) is 70.2 Å². The van der Waals surface area contributed by atoms with E-state index in [-0.39, 0.29) is 73.9 Å². The highest BCUT2D eigenvalue weighted by Gasteiger charge is 2.53. The van der Waals surface area contributed by atoms with Crippen molar-refractivity contribution >= 4 is 29.2 Å². The van der Waals surface area contributed by atoms with E-state index in [2.05, 4.69) is 4.90 Å². The topological polar surface area (TPSA) is 217 Å². The lowest BCUT2D eigenvalue weighted by Gasteiger charge is -2.43. The Morgan fingerprint density at radius 2 is 1.55 bits per heavy atom. The summed E-state index contributed by atoms with van der Waals surface area (Å²) in [5.74, 6) is -7.99. The number of methoxy groups -OCH3 is 2. The predicted molar refractivity (Wildman–Crippen MR) is 296 cm³/mol. The number of Topliss-reactive ketones (excluding diaryl/α,β-unsaturated/α-hetero) is 3. The van der Waals surface area contributed by atoms with Crippen molar-refractivity contribution in [1.29, 1.82) is 0 Å². The zero-order chi connectivity index (χ0) is 56.9. The van der Waals surface area contributed by atoms with Crippen LogP contribution in [0.25, 0.3) is 0 Å². The molecule has 1 saturated carbocycles. The average molecular weight is 1100 g/mol. The second-order valence-corrected chi connectivity index (χ2v) is 23.3. The number of ether oxygens (including phenoxy) is 7. The molecule has 0 radical (unpaired) electrons. The number of nitrogens with zero attached hydrogens (tertiary/aromatic N) is 2. The Labute approximate surface area is 465 Å². The van der Waals surface area contributed by atoms with Gasteiger partial charge in [0.25, 0.3) is 11.7 Å². The SMILES string of the molecule is CO[C@@H]1C[C@H](C[C@@H](C)[C@@H]2CC(=O)[C@H](C)C=C(C)[C@@H](O)[C@@H](OC)C(=O)[C@H](C)C[C@H](C)C=CC=CC=C(C)[C@H](OCCCCO)C[C@@H]3CC[C@@H](C)[C@@](O)(O3)C(=O)C(=O)N3CCCC[C@H]3C(=O)O2)CC[C@H]1OCCCN1CCOCC1. The molecule has 3 N–H and O–H groups in total. The molecule has 1 amide bonds. The van der Waals surface area contributed by atoms with Crippen LogP contribution in [0.1, 0.15) is 145 Å². The summed E-state index contributed by atoms with van der Waals surface area (Å²) in [6.45, 7) is 18.2. The van der Waals surface area contributed by atoms with E-state index in [0.717, 1.165) is 64.1 Å². The van der Waals surface area contributed by atoms with E-state index in [1.807, 2.05) is 58.1 Å². The van der Waals surface area contributed by atoms with Gasteiger partial charge in [-0.05, 0) is 126 Å². The number of allylic oxidation sites excluding steroid dienone is 6. The third kappa shape index (κ3) is 19.1. The van der Waals surface area contributed by atoms with E-state index in [9.17, 15) is 39.3 Å². The van der Waals surface area contributed by atoms with E-state index in [1.165, 1.54) is 12.0 Å². The third-order valence-electron chi connectivity index (χ3n) is 17.1. The Hall–Kier alpha value is -3.49. The predicted octanol–water partition coefficient (Wildman–Crippen LogP) is 7.07. The summed E-state index contributed by atoms with van der Waals surface area (Å²) in [5.41, 5.74) is 1.26. The summed E-state index contributed by atoms with van der Waals surface area (Å²) in [6.07, 6.45) is 14.4. The van der Waals surface area contributed by atoms with E-state index >= 15 is 0 Å². The Balaban J connectivity index is 1.42. The van der Waals surface area contributed by atoms with Crippen LogP contribution in [0.5, 0.6) is 0 Å². The number of rotatable bonds is 15. The minimum absolute atomic E-state index is 0.00281. The van der Waals surface area contributed by atoms with Gasteiger partial charge in [0.1, 0.15) is 30.1 Å². The molecule has 5 aliphatic rings. The van der Waals surface area contributed by atoms with Crippen molar-refractivity contribution < 1.29 is 72.5 Å². The Bertz CT molecular complexity index is 2040. The Morgan fingerprint density at radius 1 is 0.808 bits per heavy atom. The monoisotopic (exact) mass is 1100 g/mol. The van der Waals surface area contributed by atoms with Crippen LogP contribution in [-0.4, -0.2) is 182 Å². The highest BCUT2D eigenvalue weighted by atomic mass is 16.6. The summed E-state index contributed by atoms with van der Waals surface area (Å²) in [4.78, 5) is 75.5. The fourth-order valence-corrected chi connectivity index (χ4v) is 12.0. The van der Waals surface area contributed by atoms with Gasteiger partial charge >= 0.3 is 5.97 Å². The van der Waals surface area contributed by atoms with Gasteiger partial charge in [-0.15, -0.1) is 0 Å². The van der Waals surface area contributed by atoms with Crippen molar-refractivity contribution in [2.75, 3.05) is 73.4 Å². The number of hydrogen-bond donors (Lipinski definition) is 3. The van der Waals surface area contributed by atoms with Crippen LogP contribution in [0, 0.1) is 35.5 Å². The molecule has 0 unspecified atom stereocenters. The lowest BCUT2D eigenvalue weighted by molar-refractivity contribution is -0.266. The number of ketones is 3. The maximum Gasteiger partial charge on any atom is 0.329 e. The number of morpholine rings is 1. The first-order chi connectivity index (χ1) is 37.3. The van der Waals surface area contributed by atoms with Gasteiger partial charge in [0.05, 0.1) is 37.6 Å². The molecule has 17 nitrogen and oxygen atoms in total. The fourth-order valence-electron chi connectivity index (χ4n) is 12.0. The zero-order valence-electron chi connectivity index (χ0n) is 48.7. The second-order valence-electron chi connectivity index (χ2n) is 23.3. The maximum absolute atomic E-state index is 14.7. The molecule has 2 bridgehead atoms. The average Bonchev–Trinajstić information content (AvgIpc) is 3.47. The molecule has 78 heavy (non-hydrogen) atoms. The molecule has 442 valence electrons. The van der Waals surface area contributed by atoms with Crippen molar-refractivity contribution in [1.82, 2.24) is 9.80 Å². The number of piperidine rings is 1. The Morgan fingerprint density at radius 3 is 2.27 bits per heavy atom. The summed E-state index contributed by atoms with van der Waals surface area (Å²) >= 11 is 0. The molecule has 0 spiro atoms. The highest BCUT2D eigenvalue weighted by molar-refractivity contribution is 6.39. The van der Waals surface area contributed by atoms with Crippen LogP contribution in [-0.2, 0) is 57.1 Å². The van der Waals surface area contributed by atoms with Crippen LogP contribution in [0.2, 0.25) is 0 Å². The second kappa shape index (κ2) is 32.8. The van der Waals surface area contributed by atoms with Gasteiger partial charge in [-0.25, -0.2) is 4.79 Å². The van der Waals surface area contributed by atoms with E-state index < -0.39 is 77.8 Å². The molecule has 0 aromatic carbocycles. The smallest absolute Gasteiger partial charge is 0.329 e. The van der Waals surface area contributed by atoms with E-state index in [4.69, 9.17) is 33.2 Å². The summed E-state index contributed by atoms with van der Waals surface area (Å²) < 4.78 is 42.6. The van der Waals surface area contributed by atoms with Gasteiger partial charge in [-0.3, -0.25) is 24.1 Å². The van der Waals surface area contributed by atoms with Crippen molar-refractivity contribution in [2.24, 2.45) is 35.5 Å². The molecular formula is C61H98N2O15. The number of fused-ring (bicyclic) bond motifs is 3. The molecule has 5 rings (SSSR count). The molecule has 4 heterocycles. The number of hydrogen-bond acceptors (Lipinski definition) is 16. The molecule has 17 heteroatoms. The summed E-state index contributed by atoms with van der Waals surface area (Å²) in [5, 5.41) is 33.2. The van der Waals surface area contributed by atoms with Gasteiger partial charge in [-0.1, -0.05) is 71.1 Å². The van der Waals surface area contributed by atoms with Gasteiger partial charge < -0.3 is 53.4 Å². The standard InChI is InChI=1S/C61H98N2O15/c1-40-18-11-10-12-19-41(2)52(76-30-16-15-29-64)38-48-23-21-46(7)61(71,78-48)58(68)59(69)63-26-14-13-20-49(63)60(70)77-53(39-50(65)42(3)35-45(6)56(67)57(73-9)55(66)44(5)34-40)43(4)36-47-22-24-51(54(37-47)72-8)75-31-17-25-62-27-32-74-33-28-62/h10-12,18-19,35,40,42-44,46-49,51-54,56-57,64,67,71H,13-17,20-34,36-39H2,1-9H3/t40-,42-,43-,44-,46-,47+,48+,49+,51-,52-,53+,54-,56-,57+,61-/m1/s1. The van der Waals surface area contributed by atoms with Crippen LogP contribution in [0.3, 0.4) is 0 Å². The van der Waals surface area contributed by atoms with E-state index in [1.54, 1.807) is 34.0 Å². The number of carbonyl (C=O) groups excluding carboxylic acids is 5. The normalized spacial score (nSPS) is 34.9.